The Balaban J connectivity index is 1.35. The van der Waals surface area contributed by atoms with E-state index in [1.54, 1.807) is 13.8 Å². The van der Waals surface area contributed by atoms with Crippen LogP contribution >= 0.6 is 22.9 Å². The molecule has 1 aromatic heterocycles. The van der Waals surface area contributed by atoms with Gasteiger partial charge in [-0.15, -0.1) is 11.6 Å². The number of Topliss-reactive ketones (excluding diaryl/α,β-unsaturated/α-hetero) is 1. The van der Waals surface area contributed by atoms with E-state index < -0.39 is 51.9 Å². The molecule has 0 spiro atoms. The number of carbonyl (C=O) groups excluding carboxylic acids is 3. The number of piperazine rings is 1. The Morgan fingerprint density at radius 2 is 1.95 bits per heavy atom. The van der Waals surface area contributed by atoms with Crippen molar-refractivity contribution in [2.75, 3.05) is 58.4 Å². The zero-order chi connectivity index (χ0) is 29.6. The van der Waals surface area contributed by atoms with Crippen LogP contribution in [0.4, 0.5) is 13.9 Å². The van der Waals surface area contributed by atoms with Crippen molar-refractivity contribution in [2.45, 2.75) is 43.0 Å². The van der Waals surface area contributed by atoms with Gasteiger partial charge < -0.3 is 29.5 Å². The first-order valence-electron chi connectivity index (χ1n) is 13.3. The predicted molar refractivity (Wildman–Crippen MR) is 149 cm³/mol. The minimum Gasteiger partial charge on any atom is -0.376 e. The summed E-state index contributed by atoms with van der Waals surface area (Å²) in [4.78, 5) is 49.2. The number of alkyl halides is 1. The minimum absolute atomic E-state index is 0.0618. The summed E-state index contributed by atoms with van der Waals surface area (Å²) in [5, 5.41) is 1.92. The van der Waals surface area contributed by atoms with Crippen molar-refractivity contribution in [3.8, 4) is 11.3 Å². The number of benzene rings is 1. The number of rotatable bonds is 7. The zero-order valence-corrected chi connectivity index (χ0v) is 24.7. The predicted octanol–water partition coefficient (Wildman–Crippen LogP) is 2.15. The standard InChI is InChI=1S/C27H32ClF2N5O5S/c1-27(2,39-4)22(25(38)35-12-16(28)21-20(35)18(36)13-40-21)32-24(37)14-5-6-15(17(29)11-14)19-23(30)41-26(31-19)34-9-7-33(3)8-10-34/h5-6,11,16,20-22H,7-10,12-13H2,1-4H3,(H,32,37). The van der Waals surface area contributed by atoms with Crippen molar-refractivity contribution < 1.29 is 32.6 Å². The quantitative estimate of drug-likeness (QED) is 0.475. The number of nitrogens with zero attached hydrogens (tertiary/aromatic N) is 4. The van der Waals surface area contributed by atoms with E-state index in [4.69, 9.17) is 21.1 Å². The Hall–Kier alpha value is -2.71. The first-order chi connectivity index (χ1) is 19.4. The molecular formula is C27H32ClF2N5O5S. The topological polar surface area (TPSA) is 104 Å². The SMILES string of the molecule is COC(C)(C)C(NC(=O)c1ccc(-c2nc(N3CCN(C)CC3)sc2F)c(F)c1)C(=O)N1CC(Cl)C2OCC(=O)C21. The summed E-state index contributed by atoms with van der Waals surface area (Å²) in [5.74, 6) is -2.42. The second kappa shape index (κ2) is 11.5. The molecule has 0 saturated carbocycles. The molecule has 1 aromatic carbocycles. The van der Waals surface area contributed by atoms with E-state index in [1.165, 1.54) is 24.1 Å². The van der Waals surface area contributed by atoms with Crippen molar-refractivity contribution in [3.63, 3.8) is 0 Å². The van der Waals surface area contributed by atoms with Gasteiger partial charge in [0.15, 0.2) is 10.9 Å². The third-order valence-corrected chi connectivity index (χ3v) is 9.27. The molecule has 1 N–H and O–H groups in total. The van der Waals surface area contributed by atoms with Gasteiger partial charge in [0.1, 0.15) is 36.3 Å². The molecule has 0 aliphatic carbocycles. The van der Waals surface area contributed by atoms with E-state index in [0.717, 1.165) is 30.5 Å². The lowest BCUT2D eigenvalue weighted by atomic mass is 9.95. The van der Waals surface area contributed by atoms with Gasteiger partial charge in [-0.1, -0.05) is 11.3 Å². The fourth-order valence-electron chi connectivity index (χ4n) is 5.29. The van der Waals surface area contributed by atoms with Gasteiger partial charge in [-0.3, -0.25) is 14.4 Å². The highest BCUT2D eigenvalue weighted by molar-refractivity contribution is 7.14. The van der Waals surface area contributed by atoms with Gasteiger partial charge in [0.05, 0.1) is 11.0 Å². The molecule has 222 valence electrons. The molecule has 14 heteroatoms. The highest BCUT2D eigenvalue weighted by atomic mass is 35.5. The zero-order valence-electron chi connectivity index (χ0n) is 23.2. The van der Waals surface area contributed by atoms with Crippen LogP contribution in [0, 0.1) is 10.9 Å². The normalized spacial score (nSPS) is 24.1. The number of nitrogens with one attached hydrogen (secondary N) is 1. The lowest BCUT2D eigenvalue weighted by Crippen LogP contribution is -2.60. The van der Waals surface area contributed by atoms with Gasteiger partial charge in [-0.2, -0.15) is 4.39 Å². The van der Waals surface area contributed by atoms with Crippen LogP contribution in [0.2, 0.25) is 0 Å². The van der Waals surface area contributed by atoms with E-state index >= 15 is 4.39 Å². The average molecular weight is 612 g/mol. The van der Waals surface area contributed by atoms with Crippen LogP contribution in [0.5, 0.6) is 0 Å². The summed E-state index contributed by atoms with van der Waals surface area (Å²) in [6.45, 7) is 6.15. The molecule has 4 atom stereocenters. The monoisotopic (exact) mass is 611 g/mol. The molecule has 0 bridgehead atoms. The number of ketones is 1. The number of hydrogen-bond donors (Lipinski definition) is 1. The number of thiazole rings is 1. The number of hydrogen-bond acceptors (Lipinski definition) is 9. The Kier molecular flexibility index (Phi) is 8.37. The summed E-state index contributed by atoms with van der Waals surface area (Å²) in [5.41, 5.74) is -1.47. The first kappa shape index (κ1) is 29.8. The van der Waals surface area contributed by atoms with Gasteiger partial charge in [0.2, 0.25) is 11.0 Å². The summed E-state index contributed by atoms with van der Waals surface area (Å²) >= 11 is 7.21. The van der Waals surface area contributed by atoms with Crippen molar-refractivity contribution >= 4 is 45.7 Å². The molecule has 2 amide bonds. The molecule has 3 fully saturated rings. The van der Waals surface area contributed by atoms with E-state index in [2.05, 4.69) is 15.2 Å². The molecule has 3 saturated heterocycles. The molecular weight excluding hydrogens is 580 g/mol. The number of methoxy groups -OCH3 is 1. The third-order valence-electron chi connectivity index (χ3n) is 7.98. The van der Waals surface area contributed by atoms with E-state index in [0.29, 0.717) is 18.2 Å². The van der Waals surface area contributed by atoms with Crippen LogP contribution in [-0.2, 0) is 19.1 Å². The lowest BCUT2D eigenvalue weighted by molar-refractivity contribution is -0.144. The molecule has 0 radical (unpaired) electrons. The summed E-state index contributed by atoms with van der Waals surface area (Å²) < 4.78 is 41.1. The number of ether oxygens (including phenoxy) is 2. The number of carbonyl (C=O) groups is 3. The van der Waals surface area contributed by atoms with Crippen LogP contribution in [0.3, 0.4) is 0 Å². The maximum absolute atomic E-state index is 15.3. The number of fused-ring (bicyclic) bond motifs is 1. The maximum Gasteiger partial charge on any atom is 0.252 e. The number of aromatic nitrogens is 1. The smallest absolute Gasteiger partial charge is 0.252 e. The Morgan fingerprint density at radius 1 is 1.24 bits per heavy atom. The maximum atomic E-state index is 15.3. The average Bonchev–Trinajstić information content (AvgIpc) is 3.62. The molecule has 10 nitrogen and oxygen atoms in total. The molecule has 41 heavy (non-hydrogen) atoms. The summed E-state index contributed by atoms with van der Waals surface area (Å²) in [7, 11) is 3.40. The number of likely N-dealkylation sites (N-methyl/N-ethyl adjacent to an activating group) is 1. The summed E-state index contributed by atoms with van der Waals surface area (Å²) in [6.07, 6.45) is -0.625. The van der Waals surface area contributed by atoms with Gasteiger partial charge in [-0.25, -0.2) is 9.37 Å². The molecule has 5 rings (SSSR count). The van der Waals surface area contributed by atoms with Gasteiger partial charge in [0.25, 0.3) is 5.91 Å². The lowest BCUT2D eigenvalue weighted by Gasteiger charge is -2.36. The second-order valence-electron chi connectivity index (χ2n) is 11.0. The third kappa shape index (κ3) is 5.70. The Labute approximate surface area is 245 Å². The summed E-state index contributed by atoms with van der Waals surface area (Å²) in [6, 6.07) is 1.54. The number of halogens is 3. The molecule has 4 unspecified atom stereocenters. The number of anilines is 1. The Morgan fingerprint density at radius 3 is 2.61 bits per heavy atom. The van der Waals surface area contributed by atoms with E-state index in [1.807, 2.05) is 11.9 Å². The fraction of sp³-hybridized carbons (Fsp3) is 0.556. The van der Waals surface area contributed by atoms with Gasteiger partial charge in [-0.05, 0) is 39.1 Å². The molecule has 3 aliphatic heterocycles. The molecule has 3 aliphatic rings. The molecule has 2 aromatic rings. The van der Waals surface area contributed by atoms with E-state index in [9.17, 15) is 18.8 Å². The van der Waals surface area contributed by atoms with Crippen molar-refractivity contribution in [1.29, 1.82) is 0 Å². The van der Waals surface area contributed by atoms with Crippen molar-refractivity contribution in [3.05, 3.63) is 34.7 Å². The van der Waals surface area contributed by atoms with Crippen LogP contribution in [0.1, 0.15) is 24.2 Å². The van der Waals surface area contributed by atoms with Crippen LogP contribution in [0.15, 0.2) is 18.2 Å². The van der Waals surface area contributed by atoms with E-state index in [-0.39, 0.29) is 35.8 Å². The highest BCUT2D eigenvalue weighted by Gasteiger charge is 2.54. The largest absolute Gasteiger partial charge is 0.376 e. The van der Waals surface area contributed by atoms with Crippen molar-refractivity contribution in [2.24, 2.45) is 0 Å². The number of amides is 2. The molecule has 4 heterocycles. The minimum atomic E-state index is -1.24. The van der Waals surface area contributed by atoms with Crippen LogP contribution in [0.25, 0.3) is 11.3 Å². The number of likely N-dealkylation sites (tertiary alicyclic amines) is 1. The second-order valence-corrected chi connectivity index (χ2v) is 12.5. The van der Waals surface area contributed by atoms with Crippen LogP contribution in [-0.4, -0.2) is 115 Å². The Bertz CT molecular complexity index is 1350. The van der Waals surface area contributed by atoms with Crippen LogP contribution < -0.4 is 10.2 Å². The highest BCUT2D eigenvalue weighted by Crippen LogP contribution is 2.35. The van der Waals surface area contributed by atoms with Gasteiger partial charge >= 0.3 is 0 Å². The first-order valence-corrected chi connectivity index (χ1v) is 14.5. The van der Waals surface area contributed by atoms with Gasteiger partial charge in [0, 0.05) is 51.0 Å². The van der Waals surface area contributed by atoms with Crippen molar-refractivity contribution in [1.82, 2.24) is 20.1 Å². The fourth-order valence-corrected chi connectivity index (χ4v) is 6.51.